The Bertz CT molecular complexity index is 883. The fraction of sp³-hybridized carbons (Fsp3) is 0.316. The maximum atomic E-state index is 12.5. The molecule has 6 nitrogen and oxygen atoms in total. The Morgan fingerprint density at radius 3 is 2.15 bits per heavy atom. The molecule has 2 aromatic carbocycles. The van der Waals surface area contributed by atoms with Crippen LogP contribution in [-0.4, -0.2) is 34.0 Å². The molecule has 0 aliphatic carbocycles. The van der Waals surface area contributed by atoms with Crippen molar-refractivity contribution in [2.45, 2.75) is 31.2 Å². The molecule has 1 amide bonds. The van der Waals surface area contributed by atoms with Crippen molar-refractivity contribution < 1.29 is 13.2 Å². The lowest BCUT2D eigenvalue weighted by Gasteiger charge is -2.20. The Morgan fingerprint density at radius 2 is 1.62 bits per heavy atom. The van der Waals surface area contributed by atoms with E-state index in [0.717, 1.165) is 5.69 Å². The Kier molecular flexibility index (Phi) is 5.73. The third-order valence-electron chi connectivity index (χ3n) is 3.49. The second-order valence-electron chi connectivity index (χ2n) is 7.28. The highest BCUT2D eigenvalue weighted by molar-refractivity contribution is 7.89. The van der Waals surface area contributed by atoms with Gasteiger partial charge in [0.15, 0.2) is 0 Å². The Labute approximate surface area is 155 Å². The standard InChI is InChI=1S/C19H25N3O3S/c1-19(2,3)21-26(24,25)17-8-6-7-14(13-17)18(23)20-15-9-11-16(12-10-15)22(4)5/h6-13,21H,1-5H3,(H,20,23). The molecule has 2 aromatic rings. The van der Waals surface area contributed by atoms with Crippen molar-refractivity contribution in [2.75, 3.05) is 24.3 Å². The van der Waals surface area contributed by atoms with Gasteiger partial charge in [-0.25, -0.2) is 13.1 Å². The smallest absolute Gasteiger partial charge is 0.255 e. The highest BCUT2D eigenvalue weighted by Gasteiger charge is 2.22. The number of nitrogens with one attached hydrogen (secondary N) is 2. The Balaban J connectivity index is 2.20. The van der Waals surface area contributed by atoms with Gasteiger partial charge in [0.1, 0.15) is 0 Å². The van der Waals surface area contributed by atoms with Crippen molar-refractivity contribution in [1.29, 1.82) is 0 Å². The summed E-state index contributed by atoms with van der Waals surface area (Å²) < 4.78 is 27.4. The lowest BCUT2D eigenvalue weighted by atomic mass is 10.1. The van der Waals surface area contributed by atoms with E-state index in [4.69, 9.17) is 0 Å². The van der Waals surface area contributed by atoms with Crippen molar-refractivity contribution in [3.8, 4) is 0 Å². The summed E-state index contributed by atoms with van der Waals surface area (Å²) in [6.45, 7) is 5.29. The van der Waals surface area contributed by atoms with Crippen LogP contribution in [0.2, 0.25) is 0 Å². The number of rotatable bonds is 5. The molecule has 0 fully saturated rings. The SMILES string of the molecule is CN(C)c1ccc(NC(=O)c2cccc(S(=O)(=O)NC(C)(C)C)c2)cc1. The van der Waals surface area contributed by atoms with E-state index in [0.29, 0.717) is 5.69 Å². The third-order valence-corrected chi connectivity index (χ3v) is 5.24. The van der Waals surface area contributed by atoms with Gasteiger partial charge in [0, 0.05) is 36.6 Å². The van der Waals surface area contributed by atoms with Gasteiger partial charge in [0.2, 0.25) is 10.0 Å². The maximum absolute atomic E-state index is 12.5. The number of hydrogen-bond acceptors (Lipinski definition) is 4. The highest BCUT2D eigenvalue weighted by atomic mass is 32.2. The largest absolute Gasteiger partial charge is 0.378 e. The second-order valence-corrected chi connectivity index (χ2v) is 8.96. The van der Waals surface area contributed by atoms with Gasteiger partial charge in [0.05, 0.1) is 4.90 Å². The van der Waals surface area contributed by atoms with Crippen LogP contribution in [0.5, 0.6) is 0 Å². The number of anilines is 2. The highest BCUT2D eigenvalue weighted by Crippen LogP contribution is 2.18. The van der Waals surface area contributed by atoms with E-state index in [-0.39, 0.29) is 16.4 Å². The molecule has 0 aliphatic heterocycles. The normalized spacial score (nSPS) is 11.9. The van der Waals surface area contributed by atoms with Crippen LogP contribution in [0.4, 0.5) is 11.4 Å². The zero-order chi connectivity index (χ0) is 19.5. The maximum Gasteiger partial charge on any atom is 0.255 e. The van der Waals surface area contributed by atoms with Crippen LogP contribution in [0.25, 0.3) is 0 Å². The molecule has 0 heterocycles. The monoisotopic (exact) mass is 375 g/mol. The molecule has 0 spiro atoms. The van der Waals surface area contributed by atoms with E-state index in [9.17, 15) is 13.2 Å². The summed E-state index contributed by atoms with van der Waals surface area (Å²) in [5.74, 6) is -0.365. The molecule has 2 N–H and O–H groups in total. The number of carbonyl (C=O) groups is 1. The first-order chi connectivity index (χ1) is 12.0. The van der Waals surface area contributed by atoms with E-state index in [1.165, 1.54) is 12.1 Å². The molecular formula is C19H25N3O3S. The summed E-state index contributed by atoms with van der Waals surface area (Å²) in [6, 6.07) is 13.4. The van der Waals surface area contributed by atoms with Gasteiger partial charge in [-0.15, -0.1) is 0 Å². The van der Waals surface area contributed by atoms with Crippen molar-refractivity contribution >= 4 is 27.3 Å². The predicted molar refractivity (Wildman–Crippen MR) is 105 cm³/mol. The topological polar surface area (TPSA) is 78.5 Å². The summed E-state index contributed by atoms with van der Waals surface area (Å²) in [5.41, 5.74) is 1.33. The van der Waals surface area contributed by atoms with Gasteiger partial charge in [-0.05, 0) is 63.2 Å². The summed E-state index contributed by atoms with van der Waals surface area (Å²) in [7, 11) is 0.174. The quantitative estimate of drug-likeness (QED) is 0.842. The van der Waals surface area contributed by atoms with E-state index >= 15 is 0 Å². The van der Waals surface area contributed by atoms with Gasteiger partial charge in [0.25, 0.3) is 5.91 Å². The minimum absolute atomic E-state index is 0.0584. The zero-order valence-electron chi connectivity index (χ0n) is 15.7. The minimum Gasteiger partial charge on any atom is -0.378 e. The molecular weight excluding hydrogens is 350 g/mol. The number of sulfonamides is 1. The predicted octanol–water partition coefficient (Wildman–Crippen LogP) is 3.08. The average molecular weight is 375 g/mol. The lowest BCUT2D eigenvalue weighted by Crippen LogP contribution is -2.40. The molecule has 0 bridgehead atoms. The van der Waals surface area contributed by atoms with Crippen molar-refractivity contribution in [3.63, 3.8) is 0 Å². The first-order valence-corrected chi connectivity index (χ1v) is 9.69. The van der Waals surface area contributed by atoms with Crippen LogP contribution in [0.3, 0.4) is 0 Å². The summed E-state index contributed by atoms with van der Waals surface area (Å²) in [6.07, 6.45) is 0. The molecule has 0 atom stereocenters. The molecule has 0 aromatic heterocycles. The van der Waals surface area contributed by atoms with Crippen LogP contribution < -0.4 is 14.9 Å². The van der Waals surface area contributed by atoms with Gasteiger partial charge in [-0.2, -0.15) is 0 Å². The number of hydrogen-bond donors (Lipinski definition) is 2. The van der Waals surface area contributed by atoms with Crippen molar-refractivity contribution in [1.82, 2.24) is 4.72 Å². The molecule has 0 saturated heterocycles. The molecule has 26 heavy (non-hydrogen) atoms. The van der Waals surface area contributed by atoms with Crippen LogP contribution >= 0.6 is 0 Å². The first kappa shape index (κ1) is 19.9. The molecule has 2 rings (SSSR count). The zero-order valence-corrected chi connectivity index (χ0v) is 16.5. The molecule has 0 unspecified atom stereocenters. The first-order valence-electron chi connectivity index (χ1n) is 8.21. The van der Waals surface area contributed by atoms with Gasteiger partial charge in [-0.3, -0.25) is 4.79 Å². The lowest BCUT2D eigenvalue weighted by molar-refractivity contribution is 0.102. The summed E-state index contributed by atoms with van der Waals surface area (Å²) in [5, 5.41) is 2.78. The van der Waals surface area contributed by atoms with Gasteiger partial charge < -0.3 is 10.2 Å². The second kappa shape index (κ2) is 7.47. The fourth-order valence-electron chi connectivity index (χ4n) is 2.31. The molecule has 140 valence electrons. The summed E-state index contributed by atoms with van der Waals surface area (Å²) >= 11 is 0. The average Bonchev–Trinajstić information content (AvgIpc) is 2.53. The molecule has 0 saturated carbocycles. The van der Waals surface area contributed by atoms with Crippen LogP contribution in [0.1, 0.15) is 31.1 Å². The van der Waals surface area contributed by atoms with Crippen LogP contribution in [-0.2, 0) is 10.0 Å². The third kappa shape index (κ3) is 5.31. The van der Waals surface area contributed by atoms with Gasteiger partial charge >= 0.3 is 0 Å². The van der Waals surface area contributed by atoms with E-state index in [1.54, 1.807) is 45.0 Å². The van der Waals surface area contributed by atoms with Crippen molar-refractivity contribution in [3.05, 3.63) is 54.1 Å². The number of amides is 1. The molecule has 7 heteroatoms. The van der Waals surface area contributed by atoms with E-state index in [1.807, 2.05) is 31.1 Å². The van der Waals surface area contributed by atoms with E-state index < -0.39 is 15.6 Å². The van der Waals surface area contributed by atoms with Crippen LogP contribution in [0.15, 0.2) is 53.4 Å². The molecule has 0 radical (unpaired) electrons. The fourth-order valence-corrected chi connectivity index (χ4v) is 3.78. The minimum atomic E-state index is -3.70. The Hall–Kier alpha value is -2.38. The van der Waals surface area contributed by atoms with Crippen molar-refractivity contribution in [2.24, 2.45) is 0 Å². The Morgan fingerprint density at radius 1 is 1.00 bits per heavy atom. The van der Waals surface area contributed by atoms with E-state index in [2.05, 4.69) is 10.0 Å². The summed E-state index contributed by atoms with van der Waals surface area (Å²) in [4.78, 5) is 14.5. The number of benzene rings is 2. The number of carbonyl (C=O) groups excluding carboxylic acids is 1. The van der Waals surface area contributed by atoms with Gasteiger partial charge in [-0.1, -0.05) is 6.07 Å². The van der Waals surface area contributed by atoms with Crippen LogP contribution in [0, 0.1) is 0 Å². The molecule has 0 aliphatic rings. The number of nitrogens with zero attached hydrogens (tertiary/aromatic N) is 1.